The van der Waals surface area contributed by atoms with E-state index in [1.165, 1.54) is 47.6 Å². The molecular weight excluding hydrogens is 1260 g/mol. The van der Waals surface area contributed by atoms with E-state index in [4.69, 9.17) is 66.3 Å². The minimum Gasteiger partial charge on any atom is -0.455 e. The second-order valence-electron chi connectivity index (χ2n) is 26.9. The van der Waals surface area contributed by atoms with Crippen molar-refractivity contribution < 1.29 is 137 Å². The molecule has 6 rings (SSSR count). The van der Waals surface area contributed by atoms with E-state index in [9.17, 15) is 70.2 Å². The molecule has 2 unspecified atom stereocenters. The molecule has 6 heterocycles. The van der Waals surface area contributed by atoms with E-state index < -0.39 is 203 Å². The molecule has 556 valence electrons. The van der Waals surface area contributed by atoms with Gasteiger partial charge in [-0.1, -0.05) is 129 Å². The van der Waals surface area contributed by atoms with Crippen LogP contribution in [0.4, 0.5) is 0 Å². The minimum atomic E-state index is -2.06. The molecule has 28 nitrogen and oxygen atoms in total. The van der Waals surface area contributed by atoms with Gasteiger partial charge in [0.25, 0.3) is 0 Å². The van der Waals surface area contributed by atoms with Crippen molar-refractivity contribution in [1.82, 2.24) is 0 Å². The van der Waals surface area contributed by atoms with Crippen LogP contribution in [0.25, 0.3) is 0 Å². The molecule has 6 saturated heterocycles. The second-order valence-corrected chi connectivity index (χ2v) is 26.9. The van der Waals surface area contributed by atoms with E-state index >= 15 is 0 Å². The Morgan fingerprint density at radius 3 is 1.68 bits per heavy atom. The Morgan fingerprint density at radius 1 is 0.521 bits per heavy atom. The fourth-order valence-electron chi connectivity index (χ4n) is 12.9. The Hall–Kier alpha value is -3.18. The molecule has 10 N–H and O–H groups in total. The number of allylic oxidation sites excluding steroid dienone is 1. The third kappa shape index (κ3) is 22.9. The summed E-state index contributed by atoms with van der Waals surface area (Å²) in [6, 6.07) is 0. The predicted molar refractivity (Wildman–Crippen MR) is 338 cm³/mol. The summed E-state index contributed by atoms with van der Waals surface area (Å²) < 4.78 is 88.1. The van der Waals surface area contributed by atoms with Crippen molar-refractivity contribution in [2.45, 2.75) is 376 Å². The second kappa shape index (κ2) is 41.1. The van der Waals surface area contributed by atoms with Gasteiger partial charge in [-0.05, 0) is 74.1 Å². The Labute approximate surface area is 565 Å². The standard InChI is InChI=1S/C68H116O28/c1-10-13-15-16-17-18-21-24-28-32-45(72)89-58-53(80)55(94-68-61(96-64-51(78)49(76)47(74)43(34-69)87-64)60(92-63(82)37(5)38(6)71)56(41(9)85-68)91-62(81)36(4)12-3)40(8)83-65(58)93-54-39(7)84-66-59(52(54)79)90-46(73)33-29-25-22-19-20-23-27-31-42(30-26-14-11-2)86-67-57(95-66)50(77)48(75)44(35-70)88-67/h12,37-44,47-61,64-71,74-80H,10-11,13-35H2,1-9H3/b36-12+/t37?,38-,39-,40-,41-,42?,43+,44+,47+,48+,49-,50-,51+,52+,53+,54-,55-,56-,57+,58+,59+,60+,61+,64-,65-,66+,67+,68-/m0/s1. The van der Waals surface area contributed by atoms with Gasteiger partial charge in [-0.3, -0.25) is 14.4 Å². The highest BCUT2D eigenvalue weighted by Gasteiger charge is 2.59. The number of fused-ring (bicyclic) bond motifs is 2. The summed E-state index contributed by atoms with van der Waals surface area (Å²) in [5, 5.41) is 113. The maximum Gasteiger partial charge on any atom is 0.333 e. The molecule has 0 aromatic heterocycles. The zero-order valence-electron chi connectivity index (χ0n) is 57.7. The Bertz CT molecular complexity index is 2310. The van der Waals surface area contributed by atoms with Gasteiger partial charge >= 0.3 is 23.9 Å². The van der Waals surface area contributed by atoms with Crippen LogP contribution in [0.2, 0.25) is 0 Å². The van der Waals surface area contributed by atoms with Gasteiger partial charge in [0, 0.05) is 18.4 Å². The normalized spacial score (nSPS) is 39.3. The fourth-order valence-corrected chi connectivity index (χ4v) is 12.9. The van der Waals surface area contributed by atoms with Crippen molar-refractivity contribution in [2.24, 2.45) is 5.92 Å². The van der Waals surface area contributed by atoms with Crippen LogP contribution >= 0.6 is 0 Å². The van der Waals surface area contributed by atoms with E-state index in [-0.39, 0.29) is 24.5 Å². The largest absolute Gasteiger partial charge is 0.455 e. The van der Waals surface area contributed by atoms with Crippen LogP contribution < -0.4 is 0 Å². The SMILES string of the molecule is C/C=C(\C)C(=O)O[C@@H]1[C@@H](OC(=O)C(C)[C@H](C)O)[C@@H](O[C@@H]2O[C@H](CO)[C@@H](O)[C@H](O)[C@H]2O)[C@H](O[C@@H]2[C@@H](O)[C@@H](OC(=O)CCCCCCCCCCC)[C@H](O[C@@H]3[C@@H](O)[C@H]4OC(=O)CCCCCCCCCC(CCCCC)O[C@@H]5O[C@H](CO)[C@@H](O)[C@H](O)[C@H]5O[C@H]4O[C@H]3C)O[C@H]2C)O[C@H]1C. The maximum atomic E-state index is 14.2. The number of carbonyl (C=O) groups is 4. The van der Waals surface area contributed by atoms with Gasteiger partial charge in [0.05, 0.1) is 49.7 Å². The van der Waals surface area contributed by atoms with Crippen LogP contribution in [0.3, 0.4) is 0 Å². The van der Waals surface area contributed by atoms with Crippen LogP contribution in [-0.2, 0) is 85.5 Å². The van der Waals surface area contributed by atoms with Gasteiger partial charge in [0.2, 0.25) is 0 Å². The lowest BCUT2D eigenvalue weighted by atomic mass is 9.95. The van der Waals surface area contributed by atoms with Crippen LogP contribution in [0.5, 0.6) is 0 Å². The zero-order chi connectivity index (χ0) is 70.3. The molecule has 6 fully saturated rings. The number of aliphatic hydroxyl groups is 10. The van der Waals surface area contributed by atoms with Gasteiger partial charge in [-0.15, -0.1) is 0 Å². The van der Waals surface area contributed by atoms with Crippen molar-refractivity contribution in [2.75, 3.05) is 13.2 Å². The van der Waals surface area contributed by atoms with E-state index in [2.05, 4.69) is 13.8 Å². The number of hydrogen-bond donors (Lipinski definition) is 10. The van der Waals surface area contributed by atoms with Crippen LogP contribution in [-0.4, -0.2) is 254 Å². The average molecular weight is 1380 g/mol. The Morgan fingerprint density at radius 2 is 1.05 bits per heavy atom. The molecule has 6 aliphatic rings. The molecule has 6 aliphatic heterocycles. The number of ether oxygens (including phenoxy) is 14. The number of rotatable bonds is 28. The highest BCUT2D eigenvalue weighted by atomic mass is 16.8. The molecule has 0 amide bonds. The Kier molecular flexibility index (Phi) is 35.0. The average Bonchev–Trinajstić information content (AvgIpc) is 0.774. The third-order valence-corrected chi connectivity index (χ3v) is 19.3. The van der Waals surface area contributed by atoms with E-state index in [1.807, 2.05) is 0 Å². The topological polar surface area (TPSA) is 400 Å². The fraction of sp³-hybridized carbons (Fsp3) is 0.912. The van der Waals surface area contributed by atoms with Crippen molar-refractivity contribution >= 4 is 23.9 Å². The monoisotopic (exact) mass is 1380 g/mol. The van der Waals surface area contributed by atoms with Crippen LogP contribution in [0.1, 0.15) is 210 Å². The number of unbranched alkanes of at least 4 members (excludes halogenated alkanes) is 10. The first-order valence-electron chi connectivity index (χ1n) is 35.5. The maximum absolute atomic E-state index is 14.2. The molecule has 0 radical (unpaired) electrons. The molecule has 0 aliphatic carbocycles. The molecule has 96 heavy (non-hydrogen) atoms. The number of hydrogen-bond acceptors (Lipinski definition) is 28. The molecule has 28 atom stereocenters. The summed E-state index contributed by atoms with van der Waals surface area (Å²) in [4.78, 5) is 55.6. The molecule has 28 heteroatoms. The molecule has 0 saturated carbocycles. The third-order valence-electron chi connectivity index (χ3n) is 19.3. The summed E-state index contributed by atoms with van der Waals surface area (Å²) in [6.45, 7) is 12.8. The van der Waals surface area contributed by atoms with E-state index in [1.54, 1.807) is 6.92 Å². The van der Waals surface area contributed by atoms with Crippen molar-refractivity contribution in [1.29, 1.82) is 0 Å². The lowest BCUT2D eigenvalue weighted by Crippen LogP contribution is -2.68. The molecular formula is C68H116O28. The summed E-state index contributed by atoms with van der Waals surface area (Å²) in [5.74, 6) is -4.65. The summed E-state index contributed by atoms with van der Waals surface area (Å²) in [7, 11) is 0. The minimum absolute atomic E-state index is 0.0637. The molecule has 0 spiro atoms. The van der Waals surface area contributed by atoms with Crippen molar-refractivity contribution in [3.05, 3.63) is 11.6 Å². The molecule has 0 aromatic carbocycles. The first-order chi connectivity index (χ1) is 45.9. The lowest BCUT2D eigenvalue weighted by Gasteiger charge is -2.50. The van der Waals surface area contributed by atoms with Crippen molar-refractivity contribution in [3.63, 3.8) is 0 Å². The van der Waals surface area contributed by atoms with E-state index in [0.29, 0.717) is 38.5 Å². The highest BCUT2D eigenvalue weighted by Crippen LogP contribution is 2.40. The molecule has 0 aromatic rings. The summed E-state index contributed by atoms with van der Waals surface area (Å²) >= 11 is 0. The summed E-state index contributed by atoms with van der Waals surface area (Å²) in [5.41, 5.74) is 0.132. The van der Waals surface area contributed by atoms with Gasteiger partial charge < -0.3 is 117 Å². The van der Waals surface area contributed by atoms with Gasteiger partial charge in [0.15, 0.2) is 62.0 Å². The quantitative estimate of drug-likeness (QED) is 0.0231. The number of carbonyl (C=O) groups excluding carboxylic acids is 4. The lowest BCUT2D eigenvalue weighted by molar-refractivity contribution is -0.396. The van der Waals surface area contributed by atoms with Crippen LogP contribution in [0, 0.1) is 5.92 Å². The van der Waals surface area contributed by atoms with Gasteiger partial charge in [-0.2, -0.15) is 0 Å². The first kappa shape index (κ1) is 81.8. The summed E-state index contributed by atoms with van der Waals surface area (Å²) in [6.07, 6.45) is -24.4. The Balaban J connectivity index is 1.36. The van der Waals surface area contributed by atoms with Crippen LogP contribution in [0.15, 0.2) is 11.6 Å². The molecule has 0 bridgehead atoms. The van der Waals surface area contributed by atoms with E-state index in [0.717, 1.165) is 96.3 Å². The number of esters is 4. The number of aliphatic hydroxyl groups excluding tert-OH is 10. The van der Waals surface area contributed by atoms with Crippen molar-refractivity contribution in [3.8, 4) is 0 Å². The first-order valence-corrected chi connectivity index (χ1v) is 35.5. The zero-order valence-corrected chi connectivity index (χ0v) is 57.7. The van der Waals surface area contributed by atoms with Gasteiger partial charge in [-0.25, -0.2) is 4.79 Å². The van der Waals surface area contributed by atoms with Gasteiger partial charge in [0.1, 0.15) is 73.2 Å². The highest BCUT2D eigenvalue weighted by molar-refractivity contribution is 5.87. The predicted octanol–water partition coefficient (Wildman–Crippen LogP) is 3.76. The smallest absolute Gasteiger partial charge is 0.333 e.